The van der Waals surface area contributed by atoms with Gasteiger partial charge in [0.25, 0.3) is 0 Å². The van der Waals surface area contributed by atoms with Crippen LogP contribution in [0.3, 0.4) is 0 Å². The third-order valence-corrected chi connectivity index (χ3v) is 2.43. The number of imidazole rings is 1. The van der Waals surface area contributed by atoms with Crippen molar-refractivity contribution in [3.63, 3.8) is 0 Å². The van der Waals surface area contributed by atoms with E-state index >= 15 is 0 Å². The first-order valence-corrected chi connectivity index (χ1v) is 5.80. The fraction of sp³-hybridized carbons (Fsp3) is 0.462. The molecule has 0 saturated heterocycles. The first kappa shape index (κ1) is 11.9. The van der Waals surface area contributed by atoms with E-state index in [4.69, 9.17) is 4.42 Å². The summed E-state index contributed by atoms with van der Waals surface area (Å²) in [5, 5.41) is 3.42. The first-order chi connectivity index (χ1) is 8.03. The minimum atomic E-state index is 0.119. The third-order valence-electron chi connectivity index (χ3n) is 2.43. The van der Waals surface area contributed by atoms with Gasteiger partial charge in [-0.05, 0) is 26.8 Å². The number of furan rings is 1. The van der Waals surface area contributed by atoms with Crippen molar-refractivity contribution in [2.24, 2.45) is 0 Å². The molecule has 1 N–H and O–H groups in total. The predicted octanol–water partition coefficient (Wildman–Crippen LogP) is 2.41. The molecule has 0 fully saturated rings. The van der Waals surface area contributed by atoms with Crippen molar-refractivity contribution in [1.82, 2.24) is 14.9 Å². The molecule has 92 valence electrons. The lowest BCUT2D eigenvalue weighted by atomic mass is 10.1. The Labute approximate surface area is 102 Å². The molecule has 0 unspecified atom stereocenters. The molecule has 2 rings (SSSR count). The Balaban J connectivity index is 1.92. The molecule has 0 radical (unpaired) electrons. The van der Waals surface area contributed by atoms with Gasteiger partial charge in [0.05, 0.1) is 31.1 Å². The van der Waals surface area contributed by atoms with E-state index in [9.17, 15) is 0 Å². The van der Waals surface area contributed by atoms with Gasteiger partial charge in [0.15, 0.2) is 0 Å². The van der Waals surface area contributed by atoms with Crippen LogP contribution in [0.1, 0.15) is 32.0 Å². The van der Waals surface area contributed by atoms with Crippen molar-refractivity contribution in [2.75, 3.05) is 0 Å². The average molecular weight is 233 g/mol. The highest BCUT2D eigenvalue weighted by atomic mass is 16.3. The molecule has 0 bridgehead atoms. The molecule has 0 saturated carbocycles. The number of hydrogen-bond acceptors (Lipinski definition) is 3. The van der Waals surface area contributed by atoms with Crippen LogP contribution in [0.2, 0.25) is 0 Å². The van der Waals surface area contributed by atoms with E-state index in [1.165, 1.54) is 0 Å². The van der Waals surface area contributed by atoms with Gasteiger partial charge in [0.1, 0.15) is 0 Å². The van der Waals surface area contributed by atoms with Gasteiger partial charge < -0.3 is 14.3 Å². The largest absolute Gasteiger partial charge is 0.472 e. The Morgan fingerprint density at radius 1 is 1.41 bits per heavy atom. The Morgan fingerprint density at radius 3 is 2.88 bits per heavy atom. The molecule has 2 aromatic heterocycles. The van der Waals surface area contributed by atoms with Crippen molar-refractivity contribution in [3.8, 4) is 0 Å². The maximum absolute atomic E-state index is 5.04. The van der Waals surface area contributed by atoms with E-state index in [2.05, 4.69) is 41.8 Å². The SMILES string of the molecule is CC(C)(C)NCc1cn(Cc2ccoc2)cn1. The molecule has 0 spiro atoms. The average Bonchev–Trinajstić information content (AvgIpc) is 2.86. The van der Waals surface area contributed by atoms with Crippen LogP contribution in [0.4, 0.5) is 0 Å². The van der Waals surface area contributed by atoms with Crippen LogP contribution in [0.25, 0.3) is 0 Å². The molecule has 0 aromatic carbocycles. The van der Waals surface area contributed by atoms with Gasteiger partial charge in [-0.15, -0.1) is 0 Å². The molecule has 2 aromatic rings. The predicted molar refractivity (Wildman–Crippen MR) is 66.6 cm³/mol. The summed E-state index contributed by atoms with van der Waals surface area (Å²) in [6, 6.07) is 1.97. The maximum Gasteiger partial charge on any atom is 0.0953 e. The fourth-order valence-electron chi connectivity index (χ4n) is 1.53. The van der Waals surface area contributed by atoms with E-state index in [0.717, 1.165) is 24.3 Å². The number of rotatable bonds is 4. The fourth-order valence-corrected chi connectivity index (χ4v) is 1.53. The second-order valence-electron chi connectivity index (χ2n) is 5.27. The number of nitrogens with zero attached hydrogens (tertiary/aromatic N) is 2. The molecule has 0 aliphatic heterocycles. The highest BCUT2D eigenvalue weighted by molar-refractivity contribution is 5.07. The molecule has 0 aliphatic rings. The zero-order chi connectivity index (χ0) is 12.3. The summed E-state index contributed by atoms with van der Waals surface area (Å²) in [5.41, 5.74) is 2.33. The van der Waals surface area contributed by atoms with Gasteiger partial charge in [-0.1, -0.05) is 0 Å². The van der Waals surface area contributed by atoms with Crippen LogP contribution < -0.4 is 5.32 Å². The quantitative estimate of drug-likeness (QED) is 0.882. The highest BCUT2D eigenvalue weighted by Crippen LogP contribution is 2.06. The molecule has 17 heavy (non-hydrogen) atoms. The standard InChI is InChI=1S/C13H19N3O/c1-13(2,3)15-6-12-8-16(10-14-12)7-11-4-5-17-9-11/h4-5,8-10,15H,6-7H2,1-3H3. The van der Waals surface area contributed by atoms with Gasteiger partial charge in [-0.3, -0.25) is 0 Å². The lowest BCUT2D eigenvalue weighted by Gasteiger charge is -2.19. The molecular formula is C13H19N3O. The number of aromatic nitrogens is 2. The Kier molecular flexibility index (Phi) is 3.33. The van der Waals surface area contributed by atoms with Crippen molar-refractivity contribution >= 4 is 0 Å². The molecule has 0 amide bonds. The molecule has 0 aliphatic carbocycles. The zero-order valence-corrected chi connectivity index (χ0v) is 10.6. The molecule has 0 atom stereocenters. The second-order valence-corrected chi connectivity index (χ2v) is 5.27. The van der Waals surface area contributed by atoms with Gasteiger partial charge in [0.2, 0.25) is 0 Å². The third kappa shape index (κ3) is 3.75. The smallest absolute Gasteiger partial charge is 0.0953 e. The van der Waals surface area contributed by atoms with Gasteiger partial charge in [-0.25, -0.2) is 4.98 Å². The molecular weight excluding hydrogens is 214 g/mol. The zero-order valence-electron chi connectivity index (χ0n) is 10.6. The lowest BCUT2D eigenvalue weighted by Crippen LogP contribution is -2.35. The van der Waals surface area contributed by atoms with Crippen LogP contribution in [0.15, 0.2) is 35.5 Å². The second kappa shape index (κ2) is 4.75. The van der Waals surface area contributed by atoms with Gasteiger partial charge in [-0.2, -0.15) is 0 Å². The van der Waals surface area contributed by atoms with E-state index in [0.29, 0.717) is 0 Å². The minimum absolute atomic E-state index is 0.119. The summed E-state index contributed by atoms with van der Waals surface area (Å²) in [6.07, 6.45) is 7.36. The summed E-state index contributed by atoms with van der Waals surface area (Å²) in [7, 11) is 0. The monoisotopic (exact) mass is 233 g/mol. The van der Waals surface area contributed by atoms with E-state index < -0.39 is 0 Å². The van der Waals surface area contributed by atoms with Crippen LogP contribution in [0, 0.1) is 0 Å². The van der Waals surface area contributed by atoms with Crippen molar-refractivity contribution in [1.29, 1.82) is 0 Å². The molecule has 4 heteroatoms. The Morgan fingerprint density at radius 2 is 2.24 bits per heavy atom. The topological polar surface area (TPSA) is 43.0 Å². The van der Waals surface area contributed by atoms with Crippen LogP contribution >= 0.6 is 0 Å². The van der Waals surface area contributed by atoms with E-state index in [1.54, 1.807) is 12.5 Å². The van der Waals surface area contributed by atoms with Gasteiger partial charge >= 0.3 is 0 Å². The van der Waals surface area contributed by atoms with E-state index in [-0.39, 0.29) is 5.54 Å². The minimum Gasteiger partial charge on any atom is -0.472 e. The lowest BCUT2D eigenvalue weighted by molar-refractivity contribution is 0.421. The Hall–Kier alpha value is -1.55. The summed E-state index contributed by atoms with van der Waals surface area (Å²) < 4.78 is 7.10. The summed E-state index contributed by atoms with van der Waals surface area (Å²) in [5.74, 6) is 0. The van der Waals surface area contributed by atoms with Crippen LogP contribution in [0.5, 0.6) is 0 Å². The number of hydrogen-bond donors (Lipinski definition) is 1. The van der Waals surface area contributed by atoms with Crippen molar-refractivity contribution < 1.29 is 4.42 Å². The van der Waals surface area contributed by atoms with Gasteiger partial charge in [0, 0.05) is 23.8 Å². The van der Waals surface area contributed by atoms with E-state index in [1.807, 2.05) is 12.4 Å². The summed E-state index contributed by atoms with van der Waals surface area (Å²) in [6.45, 7) is 8.04. The summed E-state index contributed by atoms with van der Waals surface area (Å²) in [4.78, 5) is 4.37. The normalized spacial score (nSPS) is 11.9. The Bertz CT molecular complexity index is 451. The summed E-state index contributed by atoms with van der Waals surface area (Å²) >= 11 is 0. The van der Waals surface area contributed by atoms with Crippen molar-refractivity contribution in [2.45, 2.75) is 39.4 Å². The number of nitrogens with one attached hydrogen (secondary N) is 1. The van der Waals surface area contributed by atoms with Crippen LogP contribution in [-0.4, -0.2) is 15.1 Å². The molecule has 4 nitrogen and oxygen atoms in total. The first-order valence-electron chi connectivity index (χ1n) is 5.80. The highest BCUT2D eigenvalue weighted by Gasteiger charge is 2.09. The maximum atomic E-state index is 5.04. The van der Waals surface area contributed by atoms with Crippen molar-refractivity contribution in [3.05, 3.63) is 42.4 Å². The molecule has 2 heterocycles. The van der Waals surface area contributed by atoms with Crippen LogP contribution in [-0.2, 0) is 13.1 Å².